The van der Waals surface area contributed by atoms with Crippen LogP contribution in [0.4, 0.5) is 0 Å². The Balaban J connectivity index is 1.85. The third-order valence-electron chi connectivity index (χ3n) is 11.7. The van der Waals surface area contributed by atoms with E-state index in [-0.39, 0.29) is 19.4 Å². The van der Waals surface area contributed by atoms with Gasteiger partial charge >= 0.3 is 11.9 Å². The second-order valence-corrected chi connectivity index (χ2v) is 17.6. The fourth-order valence-electron chi connectivity index (χ4n) is 7.48. The molecule has 2 saturated heterocycles. The number of ether oxygens (including phenoxy) is 6. The molecule has 0 amide bonds. The van der Waals surface area contributed by atoms with Crippen molar-refractivity contribution in [1.82, 2.24) is 0 Å². The first-order valence-electron chi connectivity index (χ1n) is 25.5. The number of esters is 2. The molecule has 0 aromatic rings. The summed E-state index contributed by atoms with van der Waals surface area (Å²) < 4.78 is 33.5. The van der Waals surface area contributed by atoms with Crippen LogP contribution in [0.25, 0.3) is 0 Å². The van der Waals surface area contributed by atoms with E-state index < -0.39 is 99.3 Å². The molecular weight excluding hydrogens is 877 g/mol. The van der Waals surface area contributed by atoms with Gasteiger partial charge in [0.15, 0.2) is 18.7 Å². The molecule has 68 heavy (non-hydrogen) atoms. The van der Waals surface area contributed by atoms with Gasteiger partial charge in [0, 0.05) is 12.8 Å². The minimum atomic E-state index is -1.78. The highest BCUT2D eigenvalue weighted by Crippen LogP contribution is 2.26. The standard InChI is InChI=1S/C53H88O15/c1-3-5-7-9-11-13-15-17-19-20-22-24-26-28-30-32-34-36-45(56)66-41(38-63-44(55)35-33-31-29-27-25-23-21-18-16-14-12-10-8-6-4-2)39-64-52-51(62)49(60)47(58)43(68-52)40-65-53-50(61)48(59)46(57)42(37-54)67-53/h5,7,11,13,17,19,22-25,28,30,41-43,46-54,57-62H,3-4,6,8-10,12,14-16,18,20-21,26-27,29,31-40H2,1-2H3/b7-5+,13-11+,19-17+,24-22+,25-23+,30-28+/t41-,42+,43+,46-,47-,48?,49?,50?,51?,52+,53+/m1/s1. The molecule has 2 fully saturated rings. The lowest BCUT2D eigenvalue weighted by Gasteiger charge is -2.42. The Labute approximate surface area is 406 Å². The van der Waals surface area contributed by atoms with Crippen molar-refractivity contribution in [3.05, 3.63) is 72.9 Å². The first kappa shape index (κ1) is 61.1. The van der Waals surface area contributed by atoms with Crippen LogP contribution in [0.3, 0.4) is 0 Å². The van der Waals surface area contributed by atoms with E-state index in [0.717, 1.165) is 57.8 Å². The van der Waals surface area contributed by atoms with E-state index in [2.05, 4.69) is 74.6 Å². The van der Waals surface area contributed by atoms with Crippen LogP contribution in [-0.4, -0.2) is 142 Å². The van der Waals surface area contributed by atoms with Crippen LogP contribution in [0.5, 0.6) is 0 Å². The largest absolute Gasteiger partial charge is 0.462 e. The molecular formula is C53H88O15. The molecule has 2 aliphatic rings. The zero-order chi connectivity index (χ0) is 49.6. The maximum absolute atomic E-state index is 13.0. The number of aliphatic hydroxyl groups is 7. The average Bonchev–Trinajstić information content (AvgIpc) is 3.33. The third-order valence-corrected chi connectivity index (χ3v) is 11.7. The summed E-state index contributed by atoms with van der Waals surface area (Å²) in [7, 11) is 0. The lowest BCUT2D eigenvalue weighted by atomic mass is 9.98. The number of rotatable bonds is 38. The third kappa shape index (κ3) is 27.4. The zero-order valence-electron chi connectivity index (χ0n) is 41.1. The van der Waals surface area contributed by atoms with Crippen LogP contribution in [0.1, 0.15) is 155 Å². The zero-order valence-corrected chi connectivity index (χ0v) is 41.1. The molecule has 0 saturated carbocycles. The van der Waals surface area contributed by atoms with E-state index in [1.54, 1.807) is 0 Å². The Kier molecular flexibility index (Phi) is 35.6. The van der Waals surface area contributed by atoms with Crippen molar-refractivity contribution in [3.8, 4) is 0 Å². The fraction of sp³-hybridized carbons (Fsp3) is 0.736. The van der Waals surface area contributed by atoms with Crippen LogP contribution in [0.2, 0.25) is 0 Å². The molecule has 2 aliphatic heterocycles. The molecule has 0 radical (unpaired) electrons. The molecule has 0 bridgehead atoms. The van der Waals surface area contributed by atoms with Crippen LogP contribution in [0, 0.1) is 0 Å². The number of hydrogen-bond acceptors (Lipinski definition) is 15. The predicted octanol–water partition coefficient (Wildman–Crippen LogP) is 7.04. The van der Waals surface area contributed by atoms with Gasteiger partial charge in [0.05, 0.1) is 19.8 Å². The predicted molar refractivity (Wildman–Crippen MR) is 261 cm³/mol. The molecule has 0 aliphatic carbocycles. The summed E-state index contributed by atoms with van der Waals surface area (Å²) in [6.07, 6.45) is 29.4. The highest BCUT2D eigenvalue weighted by molar-refractivity contribution is 5.70. The van der Waals surface area contributed by atoms with Gasteiger partial charge in [-0.3, -0.25) is 9.59 Å². The molecule has 15 nitrogen and oxygen atoms in total. The van der Waals surface area contributed by atoms with E-state index >= 15 is 0 Å². The van der Waals surface area contributed by atoms with Gasteiger partial charge in [0.2, 0.25) is 0 Å². The van der Waals surface area contributed by atoms with Crippen LogP contribution < -0.4 is 0 Å². The summed E-state index contributed by atoms with van der Waals surface area (Å²) in [5.74, 6) is -1.02. The van der Waals surface area contributed by atoms with Gasteiger partial charge in [-0.2, -0.15) is 0 Å². The van der Waals surface area contributed by atoms with Gasteiger partial charge in [-0.15, -0.1) is 0 Å². The van der Waals surface area contributed by atoms with Crippen LogP contribution in [0.15, 0.2) is 72.9 Å². The Hall–Kier alpha value is -3.06. The van der Waals surface area contributed by atoms with Gasteiger partial charge in [-0.05, 0) is 77.0 Å². The molecule has 0 aromatic heterocycles. The average molecular weight is 965 g/mol. The van der Waals surface area contributed by atoms with E-state index in [0.29, 0.717) is 19.3 Å². The van der Waals surface area contributed by atoms with Crippen molar-refractivity contribution in [1.29, 1.82) is 0 Å². The molecule has 11 atom stereocenters. The Morgan fingerprint density at radius 2 is 0.941 bits per heavy atom. The van der Waals surface area contributed by atoms with Crippen molar-refractivity contribution in [2.75, 3.05) is 26.4 Å². The van der Waals surface area contributed by atoms with Crippen molar-refractivity contribution in [2.24, 2.45) is 0 Å². The van der Waals surface area contributed by atoms with Gasteiger partial charge in [0.1, 0.15) is 55.4 Å². The SMILES string of the molecule is CC/C=C/C/C=C/C/C=C/C/C=C/C/C=C/CCCC(=O)O[C@H](COC(=O)CCCCC/C=C/CCCCCCCCCC)CO[C@H]1O[C@@H](CO[C@H]2O[C@@H](CO)[C@@H](O)C(O)C2O)[C@@H](O)C(O)C1O. The Morgan fingerprint density at radius 3 is 1.51 bits per heavy atom. The van der Waals surface area contributed by atoms with Crippen LogP contribution in [-0.2, 0) is 38.0 Å². The second kappa shape index (κ2) is 39.6. The summed E-state index contributed by atoms with van der Waals surface area (Å²) in [6.45, 7) is 2.38. The number of aliphatic hydroxyl groups excluding tert-OH is 7. The normalized spacial score (nSPS) is 26.4. The number of carbonyl (C=O) groups is 2. The molecule has 2 rings (SSSR count). The maximum Gasteiger partial charge on any atom is 0.306 e. The molecule has 0 aromatic carbocycles. The van der Waals surface area contributed by atoms with Gasteiger partial charge < -0.3 is 64.2 Å². The van der Waals surface area contributed by atoms with Crippen molar-refractivity contribution < 1.29 is 73.8 Å². The fourth-order valence-corrected chi connectivity index (χ4v) is 7.48. The van der Waals surface area contributed by atoms with Crippen LogP contribution >= 0.6 is 0 Å². The van der Waals surface area contributed by atoms with Crippen molar-refractivity contribution in [3.63, 3.8) is 0 Å². The highest BCUT2D eigenvalue weighted by atomic mass is 16.7. The van der Waals surface area contributed by atoms with Crippen molar-refractivity contribution >= 4 is 11.9 Å². The van der Waals surface area contributed by atoms with Gasteiger partial charge in [-0.25, -0.2) is 0 Å². The van der Waals surface area contributed by atoms with E-state index in [1.165, 1.54) is 51.4 Å². The first-order chi connectivity index (χ1) is 33.0. The first-order valence-corrected chi connectivity index (χ1v) is 25.5. The Morgan fingerprint density at radius 1 is 0.485 bits per heavy atom. The molecule has 7 N–H and O–H groups in total. The van der Waals surface area contributed by atoms with Gasteiger partial charge in [-0.1, -0.05) is 138 Å². The second-order valence-electron chi connectivity index (χ2n) is 17.6. The lowest BCUT2D eigenvalue weighted by molar-refractivity contribution is -0.332. The van der Waals surface area contributed by atoms with E-state index in [1.807, 2.05) is 12.2 Å². The smallest absolute Gasteiger partial charge is 0.306 e. The minimum absolute atomic E-state index is 0.0805. The summed E-state index contributed by atoms with van der Waals surface area (Å²) >= 11 is 0. The molecule has 4 unspecified atom stereocenters. The number of allylic oxidation sites excluding steroid dienone is 12. The minimum Gasteiger partial charge on any atom is -0.462 e. The van der Waals surface area contributed by atoms with Crippen molar-refractivity contribution in [2.45, 2.75) is 223 Å². The summed E-state index contributed by atoms with van der Waals surface area (Å²) in [6, 6.07) is 0. The summed E-state index contributed by atoms with van der Waals surface area (Å²) in [4.78, 5) is 25.7. The highest BCUT2D eigenvalue weighted by Gasteiger charge is 2.47. The maximum atomic E-state index is 13.0. The molecule has 390 valence electrons. The van der Waals surface area contributed by atoms with Gasteiger partial charge in [0.25, 0.3) is 0 Å². The van der Waals surface area contributed by atoms with E-state index in [9.17, 15) is 45.3 Å². The van der Waals surface area contributed by atoms with E-state index in [4.69, 9.17) is 28.4 Å². The number of unbranched alkanes of at least 4 members (excludes halogenated alkanes) is 12. The lowest BCUT2D eigenvalue weighted by Crippen LogP contribution is -2.61. The number of hydrogen-bond donors (Lipinski definition) is 7. The molecule has 15 heteroatoms. The quantitative estimate of drug-likeness (QED) is 0.0187. The molecule has 0 spiro atoms. The summed E-state index contributed by atoms with van der Waals surface area (Å²) in [5, 5.41) is 72.1. The Bertz CT molecular complexity index is 1460. The molecule has 2 heterocycles. The monoisotopic (exact) mass is 965 g/mol. The number of carbonyl (C=O) groups excluding carboxylic acids is 2. The topological polar surface area (TPSA) is 231 Å². The summed E-state index contributed by atoms with van der Waals surface area (Å²) in [5.41, 5.74) is 0.